The summed E-state index contributed by atoms with van der Waals surface area (Å²) in [7, 11) is 1.67. The van der Waals surface area contributed by atoms with E-state index in [1.165, 1.54) is 0 Å². The Balaban J connectivity index is 2.22. The second-order valence-corrected chi connectivity index (χ2v) is 4.22. The molecule has 0 aliphatic rings. The monoisotopic (exact) mass is 243 g/mol. The van der Waals surface area contributed by atoms with Gasteiger partial charge in [-0.2, -0.15) is 0 Å². The molecule has 3 heteroatoms. The molecule has 18 heavy (non-hydrogen) atoms. The average molecular weight is 243 g/mol. The van der Waals surface area contributed by atoms with E-state index in [-0.39, 0.29) is 0 Å². The van der Waals surface area contributed by atoms with E-state index >= 15 is 0 Å². The van der Waals surface area contributed by atoms with Crippen LogP contribution in [-0.4, -0.2) is 7.11 Å². The third-order valence-corrected chi connectivity index (χ3v) is 2.61. The summed E-state index contributed by atoms with van der Waals surface area (Å²) in [6.07, 6.45) is 0. The van der Waals surface area contributed by atoms with Gasteiger partial charge in [0.25, 0.3) is 0 Å². The van der Waals surface area contributed by atoms with Crippen LogP contribution in [0, 0.1) is 6.92 Å². The van der Waals surface area contributed by atoms with Gasteiger partial charge >= 0.3 is 0 Å². The first-order chi connectivity index (χ1) is 8.69. The van der Waals surface area contributed by atoms with E-state index in [1.54, 1.807) is 7.11 Å². The molecule has 0 aliphatic carbocycles. The molecule has 94 valence electrons. The molecule has 0 bridgehead atoms. The Bertz CT molecular complexity index is 538. The fraction of sp³-hybridized carbons (Fsp3) is 0.200. The molecule has 0 radical (unpaired) electrons. The molecule has 0 unspecified atom stereocenters. The number of ether oxygens (including phenoxy) is 2. The summed E-state index contributed by atoms with van der Waals surface area (Å²) in [6, 6.07) is 13.5. The first-order valence-electron chi connectivity index (χ1n) is 5.81. The molecule has 0 heterocycles. The molecular formula is C15H17NO2. The van der Waals surface area contributed by atoms with Crippen LogP contribution in [0.25, 0.3) is 0 Å². The van der Waals surface area contributed by atoms with E-state index in [0.717, 1.165) is 16.9 Å². The number of hydrogen-bond donors (Lipinski definition) is 1. The first-order valence-corrected chi connectivity index (χ1v) is 5.81. The molecule has 0 aliphatic heterocycles. The van der Waals surface area contributed by atoms with Crippen LogP contribution >= 0.6 is 0 Å². The van der Waals surface area contributed by atoms with Crippen LogP contribution in [-0.2, 0) is 11.3 Å². The predicted octanol–water partition coefficient (Wildman–Crippen LogP) is 3.52. The highest BCUT2D eigenvalue weighted by molar-refractivity contribution is 5.55. The fourth-order valence-electron chi connectivity index (χ4n) is 1.72. The van der Waals surface area contributed by atoms with E-state index in [4.69, 9.17) is 15.2 Å². The highest BCUT2D eigenvalue weighted by Crippen LogP contribution is 2.28. The Morgan fingerprint density at radius 2 is 1.94 bits per heavy atom. The topological polar surface area (TPSA) is 44.5 Å². The van der Waals surface area contributed by atoms with E-state index < -0.39 is 0 Å². The lowest BCUT2D eigenvalue weighted by Crippen LogP contribution is -1.94. The molecule has 0 spiro atoms. The van der Waals surface area contributed by atoms with Crippen molar-refractivity contribution in [3.8, 4) is 11.5 Å². The van der Waals surface area contributed by atoms with Crippen LogP contribution in [0.1, 0.15) is 11.1 Å². The zero-order valence-corrected chi connectivity index (χ0v) is 10.6. The highest BCUT2D eigenvalue weighted by Gasteiger charge is 2.03. The number of nitrogen functional groups attached to an aromatic ring is 1. The molecular weight excluding hydrogens is 226 g/mol. The normalized spacial score (nSPS) is 10.3. The maximum Gasteiger partial charge on any atom is 0.150 e. The van der Waals surface area contributed by atoms with Crippen molar-refractivity contribution in [3.05, 3.63) is 53.6 Å². The Hall–Kier alpha value is -2.00. The zero-order valence-electron chi connectivity index (χ0n) is 10.6. The van der Waals surface area contributed by atoms with Crippen molar-refractivity contribution in [1.82, 2.24) is 0 Å². The van der Waals surface area contributed by atoms with E-state index in [2.05, 4.69) is 0 Å². The Kier molecular flexibility index (Phi) is 3.85. The van der Waals surface area contributed by atoms with Gasteiger partial charge in [-0.1, -0.05) is 18.2 Å². The largest absolute Gasteiger partial charge is 0.455 e. The summed E-state index contributed by atoms with van der Waals surface area (Å²) < 4.78 is 10.9. The number of hydrogen-bond acceptors (Lipinski definition) is 3. The molecule has 0 saturated carbocycles. The Labute approximate surface area is 107 Å². The number of aryl methyl sites for hydroxylation is 1. The quantitative estimate of drug-likeness (QED) is 0.836. The summed E-state index contributed by atoms with van der Waals surface area (Å²) in [5.41, 5.74) is 8.71. The van der Waals surface area contributed by atoms with Crippen molar-refractivity contribution >= 4 is 5.69 Å². The predicted molar refractivity (Wildman–Crippen MR) is 72.8 cm³/mol. The summed E-state index contributed by atoms with van der Waals surface area (Å²) in [5, 5.41) is 0. The van der Waals surface area contributed by atoms with Crippen molar-refractivity contribution in [1.29, 1.82) is 0 Å². The van der Waals surface area contributed by atoms with Gasteiger partial charge in [-0.05, 0) is 42.3 Å². The van der Waals surface area contributed by atoms with Crippen molar-refractivity contribution < 1.29 is 9.47 Å². The lowest BCUT2D eigenvalue weighted by molar-refractivity contribution is 0.184. The van der Waals surface area contributed by atoms with Crippen molar-refractivity contribution in [3.63, 3.8) is 0 Å². The molecule has 0 atom stereocenters. The Morgan fingerprint density at radius 1 is 1.11 bits per heavy atom. The van der Waals surface area contributed by atoms with E-state index in [0.29, 0.717) is 18.0 Å². The maximum atomic E-state index is 5.88. The first kappa shape index (κ1) is 12.5. The SMILES string of the molecule is COCc1cccc(Oc2cc(C)ccc2N)c1. The average Bonchev–Trinajstić information content (AvgIpc) is 2.35. The molecule has 2 aromatic rings. The van der Waals surface area contributed by atoms with Crippen LogP contribution in [0.15, 0.2) is 42.5 Å². The van der Waals surface area contributed by atoms with Gasteiger partial charge in [-0.25, -0.2) is 0 Å². The third-order valence-electron chi connectivity index (χ3n) is 2.61. The third kappa shape index (κ3) is 3.02. The number of rotatable bonds is 4. The summed E-state index contributed by atoms with van der Waals surface area (Å²) >= 11 is 0. The Morgan fingerprint density at radius 3 is 2.72 bits per heavy atom. The van der Waals surface area contributed by atoms with Gasteiger partial charge in [0.15, 0.2) is 5.75 Å². The van der Waals surface area contributed by atoms with Crippen molar-refractivity contribution in [2.24, 2.45) is 0 Å². The number of anilines is 1. The van der Waals surface area contributed by atoms with Crippen LogP contribution in [0.4, 0.5) is 5.69 Å². The van der Waals surface area contributed by atoms with Crippen LogP contribution in [0.2, 0.25) is 0 Å². The minimum atomic E-state index is 0.570. The van der Waals surface area contributed by atoms with Crippen LogP contribution in [0.5, 0.6) is 11.5 Å². The van der Waals surface area contributed by atoms with Gasteiger partial charge in [0.1, 0.15) is 5.75 Å². The van der Waals surface area contributed by atoms with Crippen molar-refractivity contribution in [2.45, 2.75) is 13.5 Å². The zero-order chi connectivity index (χ0) is 13.0. The highest BCUT2D eigenvalue weighted by atomic mass is 16.5. The number of methoxy groups -OCH3 is 1. The molecule has 2 rings (SSSR count). The molecule has 0 amide bonds. The van der Waals surface area contributed by atoms with Gasteiger partial charge in [-0.15, -0.1) is 0 Å². The molecule has 0 fully saturated rings. The maximum absolute atomic E-state index is 5.88. The number of benzene rings is 2. The molecule has 2 aromatic carbocycles. The molecule has 3 nitrogen and oxygen atoms in total. The van der Waals surface area contributed by atoms with Gasteiger partial charge in [-0.3, -0.25) is 0 Å². The molecule has 0 aromatic heterocycles. The smallest absolute Gasteiger partial charge is 0.150 e. The lowest BCUT2D eigenvalue weighted by atomic mass is 10.2. The van der Waals surface area contributed by atoms with Gasteiger partial charge in [0.2, 0.25) is 0 Å². The minimum Gasteiger partial charge on any atom is -0.455 e. The molecule has 0 saturated heterocycles. The standard InChI is InChI=1S/C15H17NO2/c1-11-6-7-14(16)15(8-11)18-13-5-3-4-12(9-13)10-17-2/h3-9H,10,16H2,1-2H3. The van der Waals surface area contributed by atoms with Gasteiger partial charge < -0.3 is 15.2 Å². The van der Waals surface area contributed by atoms with Gasteiger partial charge in [0.05, 0.1) is 12.3 Å². The lowest BCUT2D eigenvalue weighted by Gasteiger charge is -2.10. The van der Waals surface area contributed by atoms with E-state index in [1.807, 2.05) is 49.4 Å². The van der Waals surface area contributed by atoms with Crippen LogP contribution in [0.3, 0.4) is 0 Å². The van der Waals surface area contributed by atoms with Crippen LogP contribution < -0.4 is 10.5 Å². The molecule has 2 N–H and O–H groups in total. The van der Waals surface area contributed by atoms with Gasteiger partial charge in [0, 0.05) is 7.11 Å². The minimum absolute atomic E-state index is 0.570. The summed E-state index contributed by atoms with van der Waals surface area (Å²) in [4.78, 5) is 0. The number of nitrogens with two attached hydrogens (primary N) is 1. The second-order valence-electron chi connectivity index (χ2n) is 4.22. The summed E-state index contributed by atoms with van der Waals surface area (Å²) in [6.45, 7) is 2.58. The van der Waals surface area contributed by atoms with E-state index in [9.17, 15) is 0 Å². The van der Waals surface area contributed by atoms with Crippen molar-refractivity contribution in [2.75, 3.05) is 12.8 Å². The second kappa shape index (κ2) is 5.56. The fourth-order valence-corrected chi connectivity index (χ4v) is 1.72. The summed E-state index contributed by atoms with van der Waals surface area (Å²) in [5.74, 6) is 1.45.